The van der Waals surface area contributed by atoms with Gasteiger partial charge in [0.1, 0.15) is 11.6 Å². The zero-order chi connectivity index (χ0) is 11.5. The molecule has 0 spiro atoms. The third-order valence-electron chi connectivity index (χ3n) is 2.85. The van der Waals surface area contributed by atoms with Crippen molar-refractivity contribution in [1.29, 1.82) is 0 Å². The molecule has 86 valence electrons. The lowest BCUT2D eigenvalue weighted by atomic mass is 9.91. The molecule has 0 aromatic heterocycles. The van der Waals surface area contributed by atoms with Gasteiger partial charge in [-0.3, -0.25) is 0 Å². The van der Waals surface area contributed by atoms with Gasteiger partial charge >= 0.3 is 0 Å². The predicted molar refractivity (Wildman–Crippen MR) is 60.8 cm³/mol. The van der Waals surface area contributed by atoms with E-state index in [0.29, 0.717) is 5.75 Å². The van der Waals surface area contributed by atoms with E-state index >= 15 is 0 Å². The van der Waals surface area contributed by atoms with Crippen LogP contribution in [0.2, 0.25) is 0 Å². The first kappa shape index (κ1) is 11.1. The normalized spacial score (nSPS) is 20.4. The van der Waals surface area contributed by atoms with Gasteiger partial charge in [0.05, 0.1) is 13.2 Å². The molecule has 1 aliphatic carbocycles. The Hall–Kier alpha value is -1.35. The Balaban J connectivity index is 2.41. The fourth-order valence-corrected chi connectivity index (χ4v) is 2.06. The minimum atomic E-state index is -0.420. The van der Waals surface area contributed by atoms with Gasteiger partial charge in [0, 0.05) is 5.56 Å². The summed E-state index contributed by atoms with van der Waals surface area (Å²) in [7, 11) is 1.57. The van der Waals surface area contributed by atoms with Gasteiger partial charge < -0.3 is 9.84 Å². The molecule has 1 aliphatic rings. The van der Waals surface area contributed by atoms with E-state index in [4.69, 9.17) is 4.74 Å². The number of benzene rings is 1. The molecule has 1 aromatic carbocycles. The van der Waals surface area contributed by atoms with E-state index in [-0.39, 0.29) is 5.82 Å². The van der Waals surface area contributed by atoms with Crippen LogP contribution in [0.4, 0.5) is 4.39 Å². The lowest BCUT2D eigenvalue weighted by Crippen LogP contribution is -2.09. The number of allylic oxidation sites excluding steroid dienone is 1. The Morgan fingerprint density at radius 3 is 2.94 bits per heavy atom. The minimum absolute atomic E-state index is 0.281. The molecule has 16 heavy (non-hydrogen) atoms. The lowest BCUT2D eigenvalue weighted by Gasteiger charge is -2.19. The van der Waals surface area contributed by atoms with Crippen molar-refractivity contribution in [3.63, 3.8) is 0 Å². The summed E-state index contributed by atoms with van der Waals surface area (Å²) in [6, 6.07) is 4.46. The van der Waals surface area contributed by atoms with Gasteiger partial charge in [0.15, 0.2) is 0 Å². The second kappa shape index (κ2) is 4.66. The highest BCUT2D eigenvalue weighted by molar-refractivity contribution is 5.71. The zero-order valence-electron chi connectivity index (χ0n) is 9.24. The highest BCUT2D eigenvalue weighted by Gasteiger charge is 2.15. The third-order valence-corrected chi connectivity index (χ3v) is 2.85. The second-order valence-corrected chi connectivity index (χ2v) is 4.00. The first-order valence-electron chi connectivity index (χ1n) is 5.43. The van der Waals surface area contributed by atoms with Crippen LogP contribution in [0.3, 0.4) is 0 Å². The number of aliphatic hydroxyl groups is 1. The fraction of sp³-hybridized carbons (Fsp3) is 0.385. The van der Waals surface area contributed by atoms with Gasteiger partial charge in [-0.2, -0.15) is 0 Å². The van der Waals surface area contributed by atoms with Crippen LogP contribution in [0.1, 0.15) is 24.8 Å². The summed E-state index contributed by atoms with van der Waals surface area (Å²) in [5, 5.41) is 9.56. The molecular formula is C13H15FO2. The Kier molecular flexibility index (Phi) is 3.25. The van der Waals surface area contributed by atoms with Crippen LogP contribution in [0.15, 0.2) is 24.3 Å². The Morgan fingerprint density at radius 1 is 1.44 bits per heavy atom. The summed E-state index contributed by atoms with van der Waals surface area (Å²) in [5.41, 5.74) is 1.72. The first-order valence-corrected chi connectivity index (χ1v) is 5.43. The maximum absolute atomic E-state index is 13.2. The smallest absolute Gasteiger partial charge is 0.126 e. The van der Waals surface area contributed by atoms with E-state index in [2.05, 4.69) is 0 Å². The lowest BCUT2D eigenvalue weighted by molar-refractivity contribution is 0.206. The number of hydrogen-bond acceptors (Lipinski definition) is 2. The minimum Gasteiger partial charge on any atom is -0.496 e. The molecule has 0 bridgehead atoms. The number of methoxy groups -OCH3 is 1. The molecule has 1 unspecified atom stereocenters. The molecule has 0 amide bonds. The predicted octanol–water partition coefficient (Wildman–Crippen LogP) is 2.76. The monoisotopic (exact) mass is 222 g/mol. The number of hydrogen-bond donors (Lipinski definition) is 1. The molecule has 0 saturated carbocycles. The molecule has 2 rings (SSSR count). The van der Waals surface area contributed by atoms with Crippen molar-refractivity contribution in [1.82, 2.24) is 0 Å². The maximum atomic E-state index is 13.2. The van der Waals surface area contributed by atoms with Crippen molar-refractivity contribution in [2.24, 2.45) is 0 Å². The summed E-state index contributed by atoms with van der Waals surface area (Å²) in [6.07, 6.45) is 3.93. The van der Waals surface area contributed by atoms with Crippen molar-refractivity contribution < 1.29 is 14.2 Å². The van der Waals surface area contributed by atoms with Crippen LogP contribution in [0, 0.1) is 5.82 Å². The van der Waals surface area contributed by atoms with Crippen LogP contribution >= 0.6 is 0 Å². The molecular weight excluding hydrogens is 207 g/mol. The van der Waals surface area contributed by atoms with Gasteiger partial charge in [-0.1, -0.05) is 6.08 Å². The zero-order valence-corrected chi connectivity index (χ0v) is 9.24. The second-order valence-electron chi connectivity index (χ2n) is 4.00. The van der Waals surface area contributed by atoms with Crippen LogP contribution in [-0.2, 0) is 0 Å². The quantitative estimate of drug-likeness (QED) is 0.833. The fourth-order valence-electron chi connectivity index (χ4n) is 2.06. The molecule has 1 N–H and O–H groups in total. The first-order chi connectivity index (χ1) is 7.70. The SMILES string of the molecule is COc1ccc(F)cc1C1=CC(O)CCC1. The van der Waals surface area contributed by atoms with Crippen LogP contribution in [-0.4, -0.2) is 18.3 Å². The summed E-state index contributed by atoms with van der Waals surface area (Å²) >= 11 is 0. The molecule has 1 atom stereocenters. The van der Waals surface area contributed by atoms with Gasteiger partial charge in [-0.25, -0.2) is 4.39 Å². The van der Waals surface area contributed by atoms with E-state index in [1.807, 2.05) is 0 Å². The Bertz CT molecular complexity index is 412. The number of rotatable bonds is 2. The van der Waals surface area contributed by atoms with Crippen molar-refractivity contribution in [3.05, 3.63) is 35.7 Å². The van der Waals surface area contributed by atoms with E-state index in [1.165, 1.54) is 12.1 Å². The highest BCUT2D eigenvalue weighted by Crippen LogP contribution is 2.33. The van der Waals surface area contributed by atoms with Gasteiger partial charge in [-0.15, -0.1) is 0 Å². The van der Waals surface area contributed by atoms with Crippen molar-refractivity contribution in [3.8, 4) is 5.75 Å². The maximum Gasteiger partial charge on any atom is 0.126 e. The van der Waals surface area contributed by atoms with Gasteiger partial charge in [-0.05, 0) is 43.0 Å². The molecule has 0 heterocycles. The van der Waals surface area contributed by atoms with Gasteiger partial charge in [0.2, 0.25) is 0 Å². The molecule has 3 heteroatoms. The summed E-state index contributed by atoms with van der Waals surface area (Å²) in [4.78, 5) is 0. The molecule has 1 aromatic rings. The average Bonchev–Trinajstić information content (AvgIpc) is 2.29. The standard InChI is InChI=1S/C13H15FO2/c1-16-13-6-5-10(14)8-12(13)9-3-2-4-11(15)7-9/h5-8,11,15H,2-4H2,1H3. The molecule has 0 saturated heterocycles. The van der Waals surface area contributed by atoms with Crippen molar-refractivity contribution in [2.75, 3.05) is 7.11 Å². The molecule has 0 radical (unpaired) electrons. The summed E-state index contributed by atoms with van der Waals surface area (Å²) in [5.74, 6) is 0.374. The van der Waals surface area contributed by atoms with Crippen molar-refractivity contribution in [2.45, 2.75) is 25.4 Å². The van der Waals surface area contributed by atoms with E-state index in [0.717, 1.165) is 30.4 Å². The average molecular weight is 222 g/mol. The number of aliphatic hydroxyl groups excluding tert-OH is 1. The van der Waals surface area contributed by atoms with Crippen LogP contribution in [0.5, 0.6) is 5.75 Å². The Labute approximate surface area is 94.4 Å². The number of halogens is 1. The largest absolute Gasteiger partial charge is 0.496 e. The van der Waals surface area contributed by atoms with Crippen LogP contribution in [0.25, 0.3) is 5.57 Å². The van der Waals surface area contributed by atoms with E-state index in [9.17, 15) is 9.50 Å². The van der Waals surface area contributed by atoms with Gasteiger partial charge in [0.25, 0.3) is 0 Å². The third kappa shape index (κ3) is 2.25. The summed E-state index contributed by atoms with van der Waals surface area (Å²) in [6.45, 7) is 0. The highest BCUT2D eigenvalue weighted by atomic mass is 19.1. The molecule has 0 aliphatic heterocycles. The molecule has 0 fully saturated rings. The molecule has 2 nitrogen and oxygen atoms in total. The van der Waals surface area contributed by atoms with E-state index in [1.54, 1.807) is 19.3 Å². The number of ether oxygens (including phenoxy) is 1. The van der Waals surface area contributed by atoms with E-state index < -0.39 is 6.10 Å². The van der Waals surface area contributed by atoms with Crippen molar-refractivity contribution >= 4 is 5.57 Å². The summed E-state index contributed by atoms with van der Waals surface area (Å²) < 4.78 is 18.4. The van der Waals surface area contributed by atoms with Crippen LogP contribution < -0.4 is 4.74 Å². The topological polar surface area (TPSA) is 29.5 Å². The Morgan fingerprint density at radius 2 is 2.25 bits per heavy atom.